The second-order valence-corrected chi connectivity index (χ2v) is 10.3. The fourth-order valence-corrected chi connectivity index (χ4v) is 4.41. The molecule has 2 aliphatic heterocycles. The third kappa shape index (κ3) is 7.56. The Balaban J connectivity index is 1.71. The summed E-state index contributed by atoms with van der Waals surface area (Å²) in [4.78, 5) is 67.0. The van der Waals surface area contributed by atoms with Gasteiger partial charge in [-0.2, -0.15) is 0 Å². The topological polar surface area (TPSA) is 134 Å². The van der Waals surface area contributed by atoms with Gasteiger partial charge in [0.1, 0.15) is 30.3 Å². The molecule has 0 bridgehead atoms. The Kier molecular flexibility index (Phi) is 9.49. The van der Waals surface area contributed by atoms with Crippen LogP contribution in [0, 0.1) is 0 Å². The molecule has 2 fully saturated rings. The van der Waals surface area contributed by atoms with Crippen LogP contribution >= 0.6 is 0 Å². The molecule has 1 aromatic rings. The summed E-state index contributed by atoms with van der Waals surface area (Å²) in [6, 6.07) is 6.27. The molecule has 3 atom stereocenters. The number of rotatable bonds is 9. The number of likely N-dealkylation sites (tertiary alicyclic amines) is 1. The highest BCUT2D eigenvalue weighted by Gasteiger charge is 2.43. The minimum Gasteiger partial charge on any atom is -0.461 e. The maximum Gasteiger partial charge on any atom is 0.410 e. The zero-order valence-electron chi connectivity index (χ0n) is 22.1. The number of hydrogen-bond donors (Lipinski definition) is 2. The summed E-state index contributed by atoms with van der Waals surface area (Å²) >= 11 is 0. The number of piperazine rings is 1. The molecule has 1 aromatic carbocycles. The van der Waals surface area contributed by atoms with Gasteiger partial charge in [-0.05, 0) is 39.2 Å². The van der Waals surface area contributed by atoms with Crippen LogP contribution in [-0.4, -0.2) is 83.0 Å². The minimum absolute atomic E-state index is 0.00242. The summed E-state index contributed by atoms with van der Waals surface area (Å²) in [5.74, 6) is -2.03. The number of esters is 1. The van der Waals surface area contributed by atoms with Crippen molar-refractivity contribution in [3.63, 3.8) is 0 Å². The van der Waals surface area contributed by atoms with Gasteiger partial charge in [0.2, 0.25) is 17.7 Å². The number of nitrogens with zero attached hydrogens (tertiary/aromatic N) is 2. The van der Waals surface area contributed by atoms with E-state index < -0.39 is 53.5 Å². The molecule has 206 valence electrons. The van der Waals surface area contributed by atoms with E-state index in [0.29, 0.717) is 19.4 Å². The second-order valence-electron chi connectivity index (χ2n) is 10.3. The molecule has 0 aliphatic carbocycles. The van der Waals surface area contributed by atoms with Crippen LogP contribution < -0.4 is 10.6 Å². The van der Waals surface area contributed by atoms with Gasteiger partial charge in [-0.15, -0.1) is 0 Å². The first-order chi connectivity index (χ1) is 18.0. The van der Waals surface area contributed by atoms with Crippen molar-refractivity contribution in [2.24, 2.45) is 0 Å². The minimum atomic E-state index is -1.09. The third-order valence-electron chi connectivity index (χ3n) is 6.16. The SMILES string of the molecule is C=CCOC(=O)C[C@@H]1NC(=O)[C@@H](CNC(=O)[C@@H]2CCCN2C(=O)OC(C)(C)C)N(Cc2ccccc2)C1=O. The Morgan fingerprint density at radius 3 is 2.55 bits per heavy atom. The summed E-state index contributed by atoms with van der Waals surface area (Å²) < 4.78 is 10.4. The lowest BCUT2D eigenvalue weighted by Crippen LogP contribution is -2.66. The van der Waals surface area contributed by atoms with Crippen molar-refractivity contribution in [3.05, 3.63) is 48.6 Å². The van der Waals surface area contributed by atoms with Gasteiger partial charge >= 0.3 is 12.1 Å². The predicted molar refractivity (Wildman–Crippen MR) is 137 cm³/mol. The van der Waals surface area contributed by atoms with Crippen molar-refractivity contribution in [1.29, 1.82) is 0 Å². The van der Waals surface area contributed by atoms with Crippen molar-refractivity contribution in [1.82, 2.24) is 20.4 Å². The fourth-order valence-electron chi connectivity index (χ4n) is 4.41. The first-order valence-corrected chi connectivity index (χ1v) is 12.7. The number of carbonyl (C=O) groups excluding carboxylic acids is 5. The van der Waals surface area contributed by atoms with Crippen molar-refractivity contribution in [2.45, 2.75) is 70.3 Å². The number of amides is 4. The zero-order chi connectivity index (χ0) is 27.9. The molecule has 0 saturated carbocycles. The van der Waals surface area contributed by atoms with E-state index in [1.165, 1.54) is 15.9 Å². The molecule has 11 heteroatoms. The largest absolute Gasteiger partial charge is 0.461 e. The van der Waals surface area contributed by atoms with E-state index in [2.05, 4.69) is 17.2 Å². The van der Waals surface area contributed by atoms with Gasteiger partial charge in [-0.3, -0.25) is 24.1 Å². The molecule has 2 N–H and O–H groups in total. The molecule has 2 heterocycles. The van der Waals surface area contributed by atoms with E-state index in [1.54, 1.807) is 20.8 Å². The zero-order valence-corrected chi connectivity index (χ0v) is 22.1. The summed E-state index contributed by atoms with van der Waals surface area (Å²) in [6.45, 7) is 9.08. The van der Waals surface area contributed by atoms with Crippen molar-refractivity contribution >= 4 is 29.8 Å². The number of ether oxygens (including phenoxy) is 2. The van der Waals surface area contributed by atoms with Gasteiger partial charge in [-0.25, -0.2) is 4.79 Å². The summed E-state index contributed by atoms with van der Waals surface area (Å²) in [7, 11) is 0. The highest BCUT2D eigenvalue weighted by molar-refractivity contribution is 5.99. The molecule has 0 aromatic heterocycles. The number of hydrogen-bond acceptors (Lipinski definition) is 7. The lowest BCUT2D eigenvalue weighted by atomic mass is 10.0. The predicted octanol–water partition coefficient (Wildman–Crippen LogP) is 1.52. The Hall–Kier alpha value is -3.89. The lowest BCUT2D eigenvalue weighted by molar-refractivity contribution is -0.154. The highest BCUT2D eigenvalue weighted by atomic mass is 16.6. The van der Waals surface area contributed by atoms with E-state index in [4.69, 9.17) is 9.47 Å². The van der Waals surface area contributed by atoms with Gasteiger partial charge in [-0.1, -0.05) is 43.0 Å². The molecule has 0 unspecified atom stereocenters. The Labute approximate surface area is 222 Å². The molecule has 38 heavy (non-hydrogen) atoms. The monoisotopic (exact) mass is 528 g/mol. The van der Waals surface area contributed by atoms with Crippen LogP contribution in [0.15, 0.2) is 43.0 Å². The summed E-state index contributed by atoms with van der Waals surface area (Å²) in [5.41, 5.74) is 0.0835. The van der Waals surface area contributed by atoms with E-state index in [0.717, 1.165) is 5.56 Å². The van der Waals surface area contributed by atoms with Gasteiger partial charge in [0, 0.05) is 19.6 Å². The normalized spacial score (nSPS) is 21.5. The first-order valence-electron chi connectivity index (χ1n) is 12.7. The van der Waals surface area contributed by atoms with Crippen LogP contribution in [0.2, 0.25) is 0 Å². The second kappa shape index (κ2) is 12.6. The Bertz CT molecular complexity index is 1050. The molecule has 4 amide bonds. The van der Waals surface area contributed by atoms with E-state index in [9.17, 15) is 24.0 Å². The number of benzene rings is 1. The Morgan fingerprint density at radius 1 is 1.18 bits per heavy atom. The molecule has 11 nitrogen and oxygen atoms in total. The summed E-state index contributed by atoms with van der Waals surface area (Å²) in [5, 5.41) is 5.34. The standard InChI is InChI=1S/C27H36N4O7/c1-5-14-37-22(32)15-19-25(35)31(17-18-10-7-6-8-11-18)21(24(34)29-19)16-28-23(33)20-12-9-13-30(20)26(36)38-27(2,3)4/h5-8,10-11,19-21H,1,9,12-17H2,2-4H3,(H,28,33)(H,29,34)/t19-,20-,21+/m0/s1. The average molecular weight is 529 g/mol. The number of carbonyl (C=O) groups is 5. The highest BCUT2D eigenvalue weighted by Crippen LogP contribution is 2.22. The van der Waals surface area contributed by atoms with Crippen LogP contribution in [-0.2, 0) is 35.2 Å². The van der Waals surface area contributed by atoms with Crippen molar-refractivity contribution < 1.29 is 33.4 Å². The quantitative estimate of drug-likeness (QED) is 0.367. The molecule has 0 radical (unpaired) electrons. The van der Waals surface area contributed by atoms with Crippen LogP contribution in [0.4, 0.5) is 4.79 Å². The van der Waals surface area contributed by atoms with E-state index in [-0.39, 0.29) is 26.1 Å². The van der Waals surface area contributed by atoms with Crippen LogP contribution in [0.5, 0.6) is 0 Å². The maximum absolute atomic E-state index is 13.4. The van der Waals surface area contributed by atoms with E-state index in [1.807, 2.05) is 30.3 Å². The van der Waals surface area contributed by atoms with Gasteiger partial charge < -0.3 is 25.0 Å². The average Bonchev–Trinajstić information content (AvgIpc) is 3.35. The van der Waals surface area contributed by atoms with Crippen LogP contribution in [0.25, 0.3) is 0 Å². The van der Waals surface area contributed by atoms with Gasteiger partial charge in [0.05, 0.1) is 6.42 Å². The molecule has 0 spiro atoms. The molecular weight excluding hydrogens is 492 g/mol. The van der Waals surface area contributed by atoms with Crippen LogP contribution in [0.3, 0.4) is 0 Å². The van der Waals surface area contributed by atoms with Gasteiger partial charge in [0.25, 0.3) is 0 Å². The third-order valence-corrected chi connectivity index (χ3v) is 6.16. The van der Waals surface area contributed by atoms with Gasteiger partial charge in [0.15, 0.2) is 0 Å². The number of nitrogens with one attached hydrogen (secondary N) is 2. The lowest BCUT2D eigenvalue weighted by Gasteiger charge is -2.39. The van der Waals surface area contributed by atoms with Crippen LogP contribution in [0.1, 0.15) is 45.6 Å². The molecule has 3 rings (SSSR count). The summed E-state index contributed by atoms with van der Waals surface area (Å²) in [6.07, 6.45) is 1.62. The first kappa shape index (κ1) is 28.7. The maximum atomic E-state index is 13.4. The Morgan fingerprint density at radius 2 is 1.89 bits per heavy atom. The molecule has 2 saturated heterocycles. The smallest absolute Gasteiger partial charge is 0.410 e. The van der Waals surface area contributed by atoms with E-state index >= 15 is 0 Å². The molecule has 2 aliphatic rings. The van der Waals surface area contributed by atoms with Crippen molar-refractivity contribution in [2.75, 3.05) is 19.7 Å². The molecular formula is C27H36N4O7. The van der Waals surface area contributed by atoms with Crippen molar-refractivity contribution in [3.8, 4) is 0 Å². The fraction of sp³-hybridized carbons (Fsp3) is 0.519.